The summed E-state index contributed by atoms with van der Waals surface area (Å²) < 4.78 is 5.31. The Hall–Kier alpha value is -2.35. The Morgan fingerprint density at radius 2 is 2.12 bits per heavy atom. The number of rotatable bonds is 3. The highest BCUT2D eigenvalue weighted by Crippen LogP contribution is 2.18. The number of nitrogens with zero attached hydrogens (tertiary/aromatic N) is 5. The lowest BCUT2D eigenvalue weighted by atomic mass is 10.0. The fourth-order valence-corrected chi connectivity index (χ4v) is 3.92. The third kappa shape index (κ3) is 2.60. The van der Waals surface area contributed by atoms with Crippen LogP contribution in [0, 0.1) is 12.8 Å². The molecule has 4 heterocycles. The van der Waals surface area contributed by atoms with Crippen LogP contribution in [0.4, 0.5) is 0 Å². The molecule has 1 N–H and O–H groups in total. The van der Waals surface area contributed by atoms with Gasteiger partial charge in [0.05, 0.1) is 0 Å². The molecular formula is C17H24N6O2. The van der Waals surface area contributed by atoms with Crippen molar-refractivity contribution >= 4 is 16.9 Å². The summed E-state index contributed by atoms with van der Waals surface area (Å²) >= 11 is 0. The molecule has 0 aliphatic carbocycles. The molecule has 1 atom stereocenters. The van der Waals surface area contributed by atoms with Crippen molar-refractivity contribution in [2.24, 2.45) is 13.0 Å². The Kier molecular flexibility index (Phi) is 3.79. The Morgan fingerprint density at radius 1 is 1.32 bits per heavy atom. The van der Waals surface area contributed by atoms with Gasteiger partial charge in [0.2, 0.25) is 5.78 Å². The van der Waals surface area contributed by atoms with Crippen molar-refractivity contribution in [3.05, 3.63) is 32.7 Å². The lowest BCUT2D eigenvalue weighted by Crippen LogP contribution is -2.36. The minimum Gasteiger partial charge on any atom is -0.313 e. The monoisotopic (exact) mass is 344 g/mol. The predicted octanol–water partition coefficient (Wildman–Crippen LogP) is 0.716. The average molecular weight is 344 g/mol. The number of imidazole rings is 2. The highest BCUT2D eigenvalue weighted by atomic mass is 16.2. The number of fused-ring (bicyclic) bond motifs is 3. The van der Waals surface area contributed by atoms with Crippen LogP contribution in [0.3, 0.4) is 0 Å². The van der Waals surface area contributed by atoms with Crippen molar-refractivity contribution in [2.45, 2.75) is 33.2 Å². The number of piperidine rings is 1. The standard InChI is InChI=1S/C17H24N6O2/c1-11-5-4-6-21(9-11)7-8-22-12(2)10-23-13-14(18-16(22)23)20(3)17(25)19-15(13)24/h10-11H,4-9H2,1-3H3,(H,19,24,25)/t11-/m0/s1. The first-order chi connectivity index (χ1) is 12.0. The molecule has 0 radical (unpaired) electrons. The molecule has 0 amide bonds. The molecule has 3 aromatic rings. The summed E-state index contributed by atoms with van der Waals surface area (Å²) in [4.78, 5) is 33.5. The molecule has 134 valence electrons. The second-order valence-corrected chi connectivity index (χ2v) is 7.24. The van der Waals surface area contributed by atoms with Crippen LogP contribution in [0.25, 0.3) is 16.9 Å². The van der Waals surface area contributed by atoms with E-state index in [1.807, 2.05) is 13.1 Å². The maximum Gasteiger partial charge on any atom is 0.329 e. The lowest BCUT2D eigenvalue weighted by molar-refractivity contribution is 0.178. The van der Waals surface area contributed by atoms with Crippen LogP contribution in [-0.2, 0) is 13.6 Å². The fourth-order valence-electron chi connectivity index (χ4n) is 3.92. The first-order valence-corrected chi connectivity index (χ1v) is 8.85. The number of hydrogen-bond donors (Lipinski definition) is 1. The number of aromatic nitrogens is 5. The van der Waals surface area contributed by atoms with Crippen molar-refractivity contribution in [2.75, 3.05) is 19.6 Å². The van der Waals surface area contributed by atoms with Crippen molar-refractivity contribution in [3.63, 3.8) is 0 Å². The lowest BCUT2D eigenvalue weighted by Gasteiger charge is -2.30. The van der Waals surface area contributed by atoms with Gasteiger partial charge in [0.1, 0.15) is 0 Å². The number of hydrogen-bond acceptors (Lipinski definition) is 4. The van der Waals surface area contributed by atoms with E-state index in [1.54, 1.807) is 11.4 Å². The Labute approximate surface area is 144 Å². The maximum absolute atomic E-state index is 12.2. The highest BCUT2D eigenvalue weighted by Gasteiger charge is 2.19. The Balaban J connectivity index is 1.74. The zero-order chi connectivity index (χ0) is 17.7. The van der Waals surface area contributed by atoms with E-state index in [2.05, 4.69) is 26.4 Å². The van der Waals surface area contributed by atoms with Gasteiger partial charge < -0.3 is 9.47 Å². The second-order valence-electron chi connectivity index (χ2n) is 7.24. The number of likely N-dealkylation sites (tertiary alicyclic amines) is 1. The molecule has 4 rings (SSSR count). The van der Waals surface area contributed by atoms with Gasteiger partial charge in [-0.05, 0) is 32.2 Å². The van der Waals surface area contributed by atoms with E-state index in [-0.39, 0.29) is 0 Å². The largest absolute Gasteiger partial charge is 0.329 e. The number of H-pyrrole nitrogens is 1. The summed E-state index contributed by atoms with van der Waals surface area (Å²) in [6.07, 6.45) is 4.49. The molecule has 25 heavy (non-hydrogen) atoms. The van der Waals surface area contributed by atoms with Crippen LogP contribution >= 0.6 is 0 Å². The van der Waals surface area contributed by atoms with Crippen LogP contribution < -0.4 is 11.2 Å². The molecule has 8 heteroatoms. The van der Waals surface area contributed by atoms with Crippen LogP contribution in [0.15, 0.2) is 15.8 Å². The van der Waals surface area contributed by atoms with Crippen LogP contribution in [-0.4, -0.2) is 48.0 Å². The molecule has 0 saturated carbocycles. The van der Waals surface area contributed by atoms with Crippen molar-refractivity contribution in [3.8, 4) is 0 Å². The first kappa shape index (κ1) is 16.1. The van der Waals surface area contributed by atoms with E-state index in [1.165, 1.54) is 17.4 Å². The summed E-state index contributed by atoms with van der Waals surface area (Å²) in [5.41, 5.74) is 1.06. The Morgan fingerprint density at radius 3 is 2.88 bits per heavy atom. The fraction of sp³-hybridized carbons (Fsp3) is 0.588. The van der Waals surface area contributed by atoms with Crippen molar-refractivity contribution in [1.29, 1.82) is 0 Å². The van der Waals surface area contributed by atoms with Gasteiger partial charge in [-0.15, -0.1) is 0 Å². The van der Waals surface area contributed by atoms with Gasteiger partial charge in [0, 0.05) is 38.6 Å². The summed E-state index contributed by atoms with van der Waals surface area (Å²) in [6, 6.07) is 0. The molecular weight excluding hydrogens is 320 g/mol. The maximum atomic E-state index is 12.2. The molecule has 1 aliphatic rings. The third-order valence-electron chi connectivity index (χ3n) is 5.30. The highest BCUT2D eigenvalue weighted by molar-refractivity contribution is 5.75. The third-order valence-corrected chi connectivity index (χ3v) is 5.30. The van der Waals surface area contributed by atoms with Crippen molar-refractivity contribution in [1.82, 2.24) is 28.4 Å². The summed E-state index contributed by atoms with van der Waals surface area (Å²) in [7, 11) is 1.62. The number of aromatic amines is 1. The van der Waals surface area contributed by atoms with E-state index >= 15 is 0 Å². The zero-order valence-corrected chi connectivity index (χ0v) is 14.9. The molecule has 1 aliphatic heterocycles. The normalized spacial score (nSPS) is 19.2. The van der Waals surface area contributed by atoms with E-state index in [4.69, 9.17) is 0 Å². The van der Waals surface area contributed by atoms with Gasteiger partial charge in [-0.25, -0.2) is 4.79 Å². The van der Waals surface area contributed by atoms with Gasteiger partial charge in [-0.2, -0.15) is 4.98 Å². The first-order valence-electron chi connectivity index (χ1n) is 8.85. The van der Waals surface area contributed by atoms with E-state index < -0.39 is 11.2 Å². The Bertz CT molecular complexity index is 1050. The summed E-state index contributed by atoms with van der Waals surface area (Å²) in [5, 5.41) is 0. The predicted molar refractivity (Wildman–Crippen MR) is 96.1 cm³/mol. The molecule has 0 unspecified atom stereocenters. The number of aryl methyl sites for hydroxylation is 2. The molecule has 3 aromatic heterocycles. The minimum atomic E-state index is -0.441. The quantitative estimate of drug-likeness (QED) is 0.759. The molecule has 0 bridgehead atoms. The van der Waals surface area contributed by atoms with Gasteiger partial charge >= 0.3 is 5.69 Å². The van der Waals surface area contributed by atoms with Gasteiger partial charge in [0.25, 0.3) is 5.56 Å². The molecule has 0 aromatic carbocycles. The smallest absolute Gasteiger partial charge is 0.313 e. The van der Waals surface area contributed by atoms with E-state index in [0.717, 1.165) is 37.8 Å². The number of nitrogens with one attached hydrogen (secondary N) is 1. The van der Waals surface area contributed by atoms with Crippen LogP contribution in [0.1, 0.15) is 25.5 Å². The molecule has 1 fully saturated rings. The summed E-state index contributed by atoms with van der Waals surface area (Å²) in [5.74, 6) is 1.46. The molecule has 0 spiro atoms. The average Bonchev–Trinajstić information content (AvgIpc) is 3.06. The van der Waals surface area contributed by atoms with Crippen LogP contribution in [0.5, 0.6) is 0 Å². The van der Waals surface area contributed by atoms with Gasteiger partial charge in [0.15, 0.2) is 11.2 Å². The molecule has 1 saturated heterocycles. The molecule has 8 nitrogen and oxygen atoms in total. The minimum absolute atomic E-state index is 0.396. The van der Waals surface area contributed by atoms with E-state index in [0.29, 0.717) is 16.9 Å². The summed E-state index contributed by atoms with van der Waals surface area (Å²) in [6.45, 7) is 8.40. The second kappa shape index (κ2) is 5.87. The van der Waals surface area contributed by atoms with Crippen molar-refractivity contribution < 1.29 is 0 Å². The topological polar surface area (TPSA) is 80.3 Å². The van der Waals surface area contributed by atoms with E-state index in [9.17, 15) is 9.59 Å². The van der Waals surface area contributed by atoms with Gasteiger partial charge in [-0.3, -0.25) is 18.7 Å². The zero-order valence-electron chi connectivity index (χ0n) is 14.9. The van der Waals surface area contributed by atoms with Gasteiger partial charge in [-0.1, -0.05) is 6.92 Å². The SMILES string of the molecule is Cc1cn2c3c(=O)[nH]c(=O)n(C)c3nc2n1CCN1CCC[C@H](C)C1. The van der Waals surface area contributed by atoms with Crippen LogP contribution in [0.2, 0.25) is 0 Å².